The van der Waals surface area contributed by atoms with E-state index >= 15 is 0 Å². The van der Waals surface area contributed by atoms with Gasteiger partial charge in [0.05, 0.1) is 5.69 Å². The molecule has 2 aromatic heterocycles. The molecule has 1 aliphatic heterocycles. The van der Waals surface area contributed by atoms with E-state index in [1.54, 1.807) is 22.7 Å². The molecule has 0 bridgehead atoms. The van der Waals surface area contributed by atoms with Crippen LogP contribution in [0.25, 0.3) is 21.8 Å². The van der Waals surface area contributed by atoms with Crippen molar-refractivity contribution in [1.29, 1.82) is 0 Å². The number of aromatic nitrogens is 1. The van der Waals surface area contributed by atoms with Gasteiger partial charge in [0.1, 0.15) is 10.0 Å². The van der Waals surface area contributed by atoms with Gasteiger partial charge in [0, 0.05) is 46.9 Å². The summed E-state index contributed by atoms with van der Waals surface area (Å²) < 4.78 is 0. The van der Waals surface area contributed by atoms with E-state index in [4.69, 9.17) is 4.98 Å². The molecule has 29 heavy (non-hydrogen) atoms. The minimum absolute atomic E-state index is 0.0470. The number of amides is 1. The molecule has 0 unspecified atom stereocenters. The van der Waals surface area contributed by atoms with Crippen LogP contribution in [0.3, 0.4) is 0 Å². The number of hydrogen-bond donors (Lipinski definition) is 3. The number of hydrogen-bond acceptors (Lipinski definition) is 6. The number of carbonyl (C=O) groups excluding carboxylic acids is 1. The number of benzene rings is 1. The maximum atomic E-state index is 12.5. The van der Waals surface area contributed by atoms with Crippen LogP contribution in [-0.2, 0) is 17.8 Å². The molecule has 5 nitrogen and oxygen atoms in total. The van der Waals surface area contributed by atoms with Crippen molar-refractivity contribution in [2.24, 2.45) is 0 Å². The van der Waals surface area contributed by atoms with E-state index in [-0.39, 0.29) is 5.91 Å². The third-order valence-electron chi connectivity index (χ3n) is 4.87. The van der Waals surface area contributed by atoms with Crippen LogP contribution in [0.1, 0.15) is 30.7 Å². The Kier molecular flexibility index (Phi) is 6.40. The molecule has 0 spiro atoms. The Hall–Kier alpha value is -2.06. The molecule has 3 aromatic rings. The van der Waals surface area contributed by atoms with E-state index in [1.165, 1.54) is 10.4 Å². The van der Waals surface area contributed by atoms with Gasteiger partial charge in [-0.25, -0.2) is 4.98 Å². The Balaban J connectivity index is 1.61. The summed E-state index contributed by atoms with van der Waals surface area (Å²) in [4.78, 5) is 18.8. The molecule has 1 aliphatic rings. The topological polar surface area (TPSA) is 66.0 Å². The van der Waals surface area contributed by atoms with Gasteiger partial charge in [-0.3, -0.25) is 4.79 Å². The predicted molar refractivity (Wildman–Crippen MR) is 123 cm³/mol. The minimum atomic E-state index is 0.0470. The largest absolute Gasteiger partial charge is 0.317 e. The number of anilines is 1. The molecule has 3 heterocycles. The van der Waals surface area contributed by atoms with Crippen molar-refractivity contribution < 1.29 is 4.79 Å². The van der Waals surface area contributed by atoms with Crippen molar-refractivity contribution in [3.63, 3.8) is 0 Å². The van der Waals surface area contributed by atoms with Gasteiger partial charge in [-0.1, -0.05) is 44.2 Å². The number of thiophene rings is 1. The number of nitrogens with zero attached hydrogens (tertiary/aromatic N) is 1. The first-order valence-corrected chi connectivity index (χ1v) is 11.7. The van der Waals surface area contributed by atoms with E-state index in [9.17, 15) is 4.79 Å². The van der Waals surface area contributed by atoms with Gasteiger partial charge in [0.15, 0.2) is 0 Å². The Morgan fingerprint density at radius 2 is 2.10 bits per heavy atom. The van der Waals surface area contributed by atoms with Crippen molar-refractivity contribution in [3.05, 3.63) is 46.2 Å². The molecule has 0 atom stereocenters. The highest BCUT2D eigenvalue weighted by atomic mass is 32.1. The third-order valence-corrected chi connectivity index (χ3v) is 6.88. The molecule has 3 N–H and O–H groups in total. The summed E-state index contributed by atoms with van der Waals surface area (Å²) in [6.07, 6.45) is 1.43. The van der Waals surface area contributed by atoms with Gasteiger partial charge in [0.2, 0.25) is 5.91 Å². The zero-order valence-electron chi connectivity index (χ0n) is 16.7. The fraction of sp³-hybridized carbons (Fsp3) is 0.364. The predicted octanol–water partition coefficient (Wildman–Crippen LogP) is 4.51. The molecule has 0 saturated carbocycles. The smallest absolute Gasteiger partial charge is 0.226 e. The quantitative estimate of drug-likeness (QED) is 0.520. The van der Waals surface area contributed by atoms with Gasteiger partial charge in [-0.05, 0) is 18.5 Å². The van der Waals surface area contributed by atoms with Gasteiger partial charge >= 0.3 is 0 Å². The number of nitrogens with one attached hydrogen (secondary N) is 3. The maximum Gasteiger partial charge on any atom is 0.226 e. The monoisotopic (exact) mass is 426 g/mol. The highest BCUT2D eigenvalue weighted by Crippen LogP contribution is 2.44. The van der Waals surface area contributed by atoms with Crippen LogP contribution in [0.4, 0.5) is 5.00 Å². The zero-order chi connectivity index (χ0) is 20.2. The molecular formula is C22H26N4OS2. The molecule has 4 rings (SSSR count). The Morgan fingerprint density at radius 1 is 1.28 bits per heavy atom. The average molecular weight is 427 g/mol. The van der Waals surface area contributed by atoms with E-state index in [1.807, 2.05) is 18.2 Å². The molecule has 0 radical (unpaired) electrons. The molecular weight excluding hydrogens is 400 g/mol. The molecule has 7 heteroatoms. The highest BCUT2D eigenvalue weighted by molar-refractivity contribution is 7.18. The van der Waals surface area contributed by atoms with Gasteiger partial charge in [-0.15, -0.1) is 22.7 Å². The van der Waals surface area contributed by atoms with Crippen LogP contribution in [0.5, 0.6) is 0 Å². The third kappa shape index (κ3) is 4.75. The second kappa shape index (κ2) is 9.17. The fourth-order valence-electron chi connectivity index (χ4n) is 3.44. The Morgan fingerprint density at radius 3 is 2.90 bits per heavy atom. The second-order valence-electron chi connectivity index (χ2n) is 7.45. The van der Waals surface area contributed by atoms with Crippen molar-refractivity contribution in [1.82, 2.24) is 15.6 Å². The Bertz CT molecular complexity index is 978. The lowest BCUT2D eigenvalue weighted by Gasteiger charge is -2.13. The standard InChI is InChI=1S/C22H26N4OS2/c1-14(2)24-11-9-19(27)26-22-20(16-8-10-23-12-18(16)29-22)21-25-17(13-28-21)15-6-4-3-5-7-15/h3-7,13-14,23-24H,8-12H2,1-2H3,(H,26,27). The lowest BCUT2D eigenvalue weighted by atomic mass is 10.0. The van der Waals surface area contributed by atoms with Crippen LogP contribution in [0, 0.1) is 0 Å². The first kappa shape index (κ1) is 20.2. The number of fused-ring (bicyclic) bond motifs is 1. The maximum absolute atomic E-state index is 12.5. The van der Waals surface area contributed by atoms with E-state index in [0.29, 0.717) is 19.0 Å². The number of carbonyl (C=O) groups is 1. The zero-order valence-corrected chi connectivity index (χ0v) is 18.4. The molecule has 1 aromatic carbocycles. The first-order chi connectivity index (χ1) is 14.1. The van der Waals surface area contributed by atoms with Crippen molar-refractivity contribution >= 4 is 33.6 Å². The summed E-state index contributed by atoms with van der Waals surface area (Å²) in [6.45, 7) is 6.67. The highest BCUT2D eigenvalue weighted by Gasteiger charge is 2.24. The van der Waals surface area contributed by atoms with Crippen LogP contribution >= 0.6 is 22.7 Å². The van der Waals surface area contributed by atoms with Gasteiger partial charge in [-0.2, -0.15) is 0 Å². The molecule has 0 saturated heterocycles. The molecule has 152 valence electrons. The van der Waals surface area contributed by atoms with E-state index in [0.717, 1.165) is 46.3 Å². The van der Waals surface area contributed by atoms with Crippen molar-refractivity contribution in [3.8, 4) is 21.8 Å². The SMILES string of the molecule is CC(C)NCCC(=O)Nc1sc2c(c1-c1nc(-c3ccccc3)cs1)CCNC2. The summed E-state index contributed by atoms with van der Waals surface area (Å²) in [5.41, 5.74) is 4.55. The molecule has 1 amide bonds. The van der Waals surface area contributed by atoms with Crippen LogP contribution < -0.4 is 16.0 Å². The average Bonchev–Trinajstić information content (AvgIpc) is 3.32. The van der Waals surface area contributed by atoms with Crippen molar-refractivity contribution in [2.75, 3.05) is 18.4 Å². The normalized spacial score (nSPS) is 13.5. The molecule has 0 aliphatic carbocycles. The van der Waals surface area contributed by atoms with Crippen molar-refractivity contribution in [2.45, 2.75) is 39.3 Å². The van der Waals surface area contributed by atoms with Crippen LogP contribution in [0.15, 0.2) is 35.7 Å². The molecule has 0 fully saturated rings. The summed E-state index contributed by atoms with van der Waals surface area (Å²) in [7, 11) is 0. The van der Waals surface area contributed by atoms with Gasteiger partial charge < -0.3 is 16.0 Å². The summed E-state index contributed by atoms with van der Waals surface area (Å²) in [5, 5.41) is 13.9. The van der Waals surface area contributed by atoms with Crippen LogP contribution in [-0.4, -0.2) is 30.0 Å². The summed E-state index contributed by atoms with van der Waals surface area (Å²) >= 11 is 3.33. The Labute approximate surface area is 179 Å². The number of rotatable bonds is 7. The fourth-order valence-corrected chi connectivity index (χ4v) is 5.65. The lowest BCUT2D eigenvalue weighted by Crippen LogP contribution is -2.27. The minimum Gasteiger partial charge on any atom is -0.317 e. The van der Waals surface area contributed by atoms with Crippen LogP contribution in [0.2, 0.25) is 0 Å². The second-order valence-corrected chi connectivity index (χ2v) is 9.41. The van der Waals surface area contributed by atoms with E-state index in [2.05, 4.69) is 47.3 Å². The number of thiazole rings is 1. The van der Waals surface area contributed by atoms with Gasteiger partial charge in [0.25, 0.3) is 0 Å². The summed E-state index contributed by atoms with van der Waals surface area (Å²) in [6, 6.07) is 10.6. The van der Waals surface area contributed by atoms with E-state index < -0.39 is 0 Å². The first-order valence-electron chi connectivity index (χ1n) is 10.0. The lowest BCUT2D eigenvalue weighted by molar-refractivity contribution is -0.116. The summed E-state index contributed by atoms with van der Waals surface area (Å²) in [5.74, 6) is 0.0470.